The van der Waals surface area contributed by atoms with Crippen LogP contribution in [-0.2, 0) is 21.9 Å². The van der Waals surface area contributed by atoms with Crippen LogP contribution in [0.25, 0.3) is 0 Å². The normalized spacial score (nSPS) is 12.4. The van der Waals surface area contributed by atoms with Crippen LogP contribution in [0.1, 0.15) is 20.3 Å². The van der Waals surface area contributed by atoms with Crippen LogP contribution in [0.15, 0.2) is 0 Å². The first-order valence-electron chi connectivity index (χ1n) is 3.02. The Bertz CT molecular complexity index is 106. The summed E-state index contributed by atoms with van der Waals surface area (Å²) in [7, 11) is 0. The molecule has 0 aromatic carbocycles. The molecule has 0 aliphatic carbocycles. The van der Waals surface area contributed by atoms with E-state index < -0.39 is 12.0 Å². The van der Waals surface area contributed by atoms with Crippen molar-refractivity contribution in [1.82, 2.24) is 0 Å². The second-order valence-electron chi connectivity index (χ2n) is 2.57. The van der Waals surface area contributed by atoms with Crippen LogP contribution in [-0.4, -0.2) is 17.1 Å². The zero-order valence-corrected chi connectivity index (χ0v) is 7.35. The van der Waals surface area contributed by atoms with Crippen molar-refractivity contribution in [2.45, 2.75) is 26.3 Å². The zero-order chi connectivity index (χ0) is 7.44. The summed E-state index contributed by atoms with van der Waals surface area (Å²) in [6.45, 7) is 3.89. The average Bonchev–Trinajstić information content (AvgIpc) is 1.63. The Kier molecular flexibility index (Phi) is 7.20. The number of carboxylic acid groups (broad SMARTS) is 1. The summed E-state index contributed by atoms with van der Waals surface area (Å²) in [6.07, 6.45) is 0.551. The Morgan fingerprint density at radius 1 is 1.60 bits per heavy atom. The topological polar surface area (TPSA) is 63.3 Å². The van der Waals surface area contributed by atoms with E-state index >= 15 is 0 Å². The largest absolute Gasteiger partial charge is 0.480 e. The Balaban J connectivity index is 0. The molecule has 0 unspecified atom stereocenters. The first-order valence-corrected chi connectivity index (χ1v) is 3.02. The van der Waals surface area contributed by atoms with Gasteiger partial charge < -0.3 is 10.8 Å². The van der Waals surface area contributed by atoms with E-state index in [9.17, 15) is 4.79 Å². The predicted octanol–water partition coefficient (Wildman–Crippen LogP) is 0.442. The van der Waals surface area contributed by atoms with Crippen LogP contribution in [0.4, 0.5) is 0 Å². The molecule has 0 aromatic heterocycles. The molecule has 1 radical (unpaired) electrons. The van der Waals surface area contributed by atoms with Gasteiger partial charge in [-0.25, -0.2) is 0 Å². The summed E-state index contributed by atoms with van der Waals surface area (Å²) in [5.41, 5.74) is 5.22. The quantitative estimate of drug-likeness (QED) is 0.628. The molecule has 0 fully saturated rings. The van der Waals surface area contributed by atoms with Gasteiger partial charge >= 0.3 is 5.97 Å². The molecular formula is C6H13MnNO2. The molecule has 0 amide bonds. The van der Waals surface area contributed by atoms with Gasteiger partial charge in [-0.3, -0.25) is 4.79 Å². The summed E-state index contributed by atoms with van der Waals surface area (Å²) in [5.74, 6) is -0.556. The van der Waals surface area contributed by atoms with Crippen molar-refractivity contribution in [2.75, 3.05) is 0 Å². The molecule has 3 nitrogen and oxygen atoms in total. The maximum Gasteiger partial charge on any atom is 0.320 e. The molecule has 0 aromatic rings. The molecule has 3 N–H and O–H groups in total. The van der Waals surface area contributed by atoms with E-state index in [0.717, 1.165) is 0 Å². The third kappa shape index (κ3) is 6.08. The third-order valence-corrected chi connectivity index (χ3v) is 1.04. The Morgan fingerprint density at radius 3 is 2.10 bits per heavy atom. The second kappa shape index (κ2) is 5.71. The molecule has 10 heavy (non-hydrogen) atoms. The first kappa shape index (κ1) is 12.6. The number of nitrogens with two attached hydrogens (primary N) is 1. The minimum Gasteiger partial charge on any atom is -0.480 e. The fourth-order valence-electron chi connectivity index (χ4n) is 0.609. The number of rotatable bonds is 3. The van der Waals surface area contributed by atoms with E-state index in [1.807, 2.05) is 13.8 Å². The molecular weight excluding hydrogens is 173 g/mol. The Morgan fingerprint density at radius 2 is 2.00 bits per heavy atom. The summed E-state index contributed by atoms with van der Waals surface area (Å²) < 4.78 is 0. The molecule has 0 saturated carbocycles. The molecule has 0 bridgehead atoms. The van der Waals surface area contributed by atoms with Crippen molar-refractivity contribution >= 4 is 5.97 Å². The molecule has 0 heterocycles. The second-order valence-corrected chi connectivity index (χ2v) is 2.57. The molecule has 1 atom stereocenters. The minimum absolute atomic E-state index is 0. The van der Waals surface area contributed by atoms with Gasteiger partial charge in [0.05, 0.1) is 0 Å². The monoisotopic (exact) mass is 186 g/mol. The number of carbonyl (C=O) groups is 1. The van der Waals surface area contributed by atoms with Crippen molar-refractivity contribution in [3.63, 3.8) is 0 Å². The van der Waals surface area contributed by atoms with E-state index in [1.54, 1.807) is 0 Å². The van der Waals surface area contributed by atoms with Crippen molar-refractivity contribution in [3.05, 3.63) is 0 Å². The molecule has 0 saturated heterocycles. The van der Waals surface area contributed by atoms with Crippen LogP contribution in [0.5, 0.6) is 0 Å². The van der Waals surface area contributed by atoms with Crippen molar-refractivity contribution in [2.24, 2.45) is 11.7 Å². The molecule has 0 rings (SSSR count). The van der Waals surface area contributed by atoms with Gasteiger partial charge in [-0.05, 0) is 12.3 Å². The van der Waals surface area contributed by atoms with E-state index in [2.05, 4.69) is 0 Å². The molecule has 0 spiro atoms. The van der Waals surface area contributed by atoms with Crippen molar-refractivity contribution in [1.29, 1.82) is 0 Å². The SMILES string of the molecule is CC(C)C[C@H](N)C(=O)O.[Mn]. The molecule has 4 heteroatoms. The summed E-state index contributed by atoms with van der Waals surface area (Å²) in [5, 5.41) is 8.31. The number of hydrogen-bond acceptors (Lipinski definition) is 2. The Labute approximate surface area is 71.5 Å². The van der Waals surface area contributed by atoms with Gasteiger partial charge in [0, 0.05) is 17.1 Å². The summed E-state index contributed by atoms with van der Waals surface area (Å²) in [4.78, 5) is 10.1. The van der Waals surface area contributed by atoms with Gasteiger partial charge in [0.2, 0.25) is 0 Å². The Hall–Kier alpha value is -0.0505. The smallest absolute Gasteiger partial charge is 0.320 e. The van der Waals surface area contributed by atoms with Gasteiger partial charge in [-0.1, -0.05) is 13.8 Å². The third-order valence-electron chi connectivity index (χ3n) is 1.04. The fraction of sp³-hybridized carbons (Fsp3) is 0.833. The predicted molar refractivity (Wildman–Crippen MR) is 35.1 cm³/mol. The molecule has 0 aliphatic heterocycles. The van der Waals surface area contributed by atoms with Gasteiger partial charge in [0.1, 0.15) is 6.04 Å². The van der Waals surface area contributed by atoms with Crippen LogP contribution in [0.3, 0.4) is 0 Å². The van der Waals surface area contributed by atoms with E-state index in [-0.39, 0.29) is 17.1 Å². The minimum atomic E-state index is -0.913. The van der Waals surface area contributed by atoms with Crippen molar-refractivity contribution in [3.8, 4) is 0 Å². The number of aliphatic carboxylic acids is 1. The van der Waals surface area contributed by atoms with Gasteiger partial charge in [-0.15, -0.1) is 0 Å². The van der Waals surface area contributed by atoms with E-state index in [0.29, 0.717) is 12.3 Å². The van der Waals surface area contributed by atoms with Gasteiger partial charge in [-0.2, -0.15) is 0 Å². The average molecular weight is 186 g/mol. The fourth-order valence-corrected chi connectivity index (χ4v) is 0.609. The maximum atomic E-state index is 10.1. The van der Waals surface area contributed by atoms with Crippen molar-refractivity contribution < 1.29 is 27.0 Å². The van der Waals surface area contributed by atoms with Crippen LogP contribution >= 0.6 is 0 Å². The molecule has 61 valence electrons. The van der Waals surface area contributed by atoms with E-state index in [4.69, 9.17) is 10.8 Å². The zero-order valence-electron chi connectivity index (χ0n) is 6.17. The van der Waals surface area contributed by atoms with Crippen LogP contribution < -0.4 is 5.73 Å². The maximum absolute atomic E-state index is 10.1. The van der Waals surface area contributed by atoms with Gasteiger partial charge in [0.25, 0.3) is 0 Å². The summed E-state index contributed by atoms with van der Waals surface area (Å²) >= 11 is 0. The molecule has 0 aliphatic rings. The first-order chi connectivity index (χ1) is 4.04. The van der Waals surface area contributed by atoms with E-state index in [1.165, 1.54) is 0 Å². The number of carboxylic acids is 1. The van der Waals surface area contributed by atoms with Gasteiger partial charge in [0.15, 0.2) is 0 Å². The number of hydrogen-bond donors (Lipinski definition) is 2. The van der Waals surface area contributed by atoms with Crippen LogP contribution in [0, 0.1) is 5.92 Å². The standard InChI is InChI=1S/C6H13NO2.Mn/c1-4(2)3-5(7)6(8)9;/h4-5H,3,7H2,1-2H3,(H,8,9);/t5-;/m0./s1. The summed E-state index contributed by atoms with van der Waals surface area (Å²) in [6, 6.07) is -0.690. The van der Waals surface area contributed by atoms with Crippen LogP contribution in [0.2, 0.25) is 0 Å².